The molecule has 1 aromatic carbocycles. The fourth-order valence-electron chi connectivity index (χ4n) is 5.47. The molecule has 0 saturated heterocycles. The van der Waals surface area contributed by atoms with E-state index >= 15 is 4.39 Å². The number of aliphatic hydroxyl groups is 1. The zero-order valence-electron chi connectivity index (χ0n) is 24.3. The van der Waals surface area contributed by atoms with Gasteiger partial charge in [-0.25, -0.2) is 9.18 Å². The summed E-state index contributed by atoms with van der Waals surface area (Å²) in [6.45, 7) is 9.27. The summed E-state index contributed by atoms with van der Waals surface area (Å²) >= 11 is 0. The van der Waals surface area contributed by atoms with Crippen LogP contribution in [0.25, 0.3) is 16.8 Å². The van der Waals surface area contributed by atoms with Gasteiger partial charge in [-0.15, -0.1) is 10.2 Å². The van der Waals surface area contributed by atoms with Crippen LogP contribution in [0.5, 0.6) is 11.5 Å². The third kappa shape index (κ3) is 5.24. The summed E-state index contributed by atoms with van der Waals surface area (Å²) in [5.74, 6) is 0.606. The van der Waals surface area contributed by atoms with Crippen molar-refractivity contribution >= 4 is 17.6 Å². The van der Waals surface area contributed by atoms with Gasteiger partial charge < -0.3 is 19.3 Å². The number of pyridine rings is 2. The van der Waals surface area contributed by atoms with E-state index in [4.69, 9.17) is 14.2 Å². The number of rotatable bonds is 4. The van der Waals surface area contributed by atoms with Gasteiger partial charge in [-0.05, 0) is 71.7 Å². The van der Waals surface area contributed by atoms with Gasteiger partial charge in [0.1, 0.15) is 23.5 Å². The highest BCUT2D eigenvalue weighted by molar-refractivity contribution is 5.92. The van der Waals surface area contributed by atoms with Gasteiger partial charge in [-0.3, -0.25) is 14.3 Å². The maximum atomic E-state index is 15.5. The molecule has 1 amide bonds. The first-order chi connectivity index (χ1) is 19.9. The Kier molecular flexibility index (Phi) is 6.80. The third-order valence-electron chi connectivity index (χ3n) is 7.40. The summed E-state index contributed by atoms with van der Waals surface area (Å²) in [4.78, 5) is 19.8. The number of hydrogen-bond donors (Lipinski definition) is 1. The lowest BCUT2D eigenvalue weighted by molar-refractivity contribution is 0.0574. The molecule has 4 aromatic rings. The molecule has 0 unspecified atom stereocenters. The first kappa shape index (κ1) is 27.9. The fourth-order valence-corrected chi connectivity index (χ4v) is 5.47. The number of carbonyl (C=O) groups is 1. The second-order valence-corrected chi connectivity index (χ2v) is 12.4. The fraction of sp³-hybridized carbons (Fsp3) is 0.419. The molecule has 0 fully saturated rings. The van der Waals surface area contributed by atoms with Crippen molar-refractivity contribution in [2.75, 3.05) is 18.1 Å². The van der Waals surface area contributed by atoms with Gasteiger partial charge in [0.05, 0.1) is 31.3 Å². The number of carbonyl (C=O) groups excluding carboxylic acids is 1. The number of halogens is 1. The Labute approximate surface area is 243 Å². The Balaban J connectivity index is 1.55. The van der Waals surface area contributed by atoms with Crippen LogP contribution >= 0.6 is 0 Å². The van der Waals surface area contributed by atoms with E-state index in [1.54, 1.807) is 51.3 Å². The topological polar surface area (TPSA) is 111 Å². The molecule has 0 saturated carbocycles. The molecule has 1 atom stereocenters. The highest BCUT2D eigenvalue weighted by atomic mass is 19.1. The highest BCUT2D eigenvalue weighted by Crippen LogP contribution is 2.44. The van der Waals surface area contributed by atoms with Crippen molar-refractivity contribution < 1.29 is 28.5 Å². The van der Waals surface area contributed by atoms with Crippen LogP contribution in [-0.4, -0.2) is 55.2 Å². The molecule has 0 bridgehead atoms. The molecule has 3 aromatic heterocycles. The van der Waals surface area contributed by atoms with Gasteiger partial charge in [-0.2, -0.15) is 0 Å². The number of fused-ring (bicyclic) bond motifs is 3. The molecule has 1 N–H and O–H groups in total. The molecule has 220 valence electrons. The van der Waals surface area contributed by atoms with E-state index in [1.165, 1.54) is 17.3 Å². The minimum Gasteiger partial charge on any atom is -0.493 e. The van der Waals surface area contributed by atoms with Crippen molar-refractivity contribution in [1.29, 1.82) is 0 Å². The number of hydrogen-bond acceptors (Lipinski definition) is 8. The van der Waals surface area contributed by atoms with Crippen molar-refractivity contribution in [2.24, 2.45) is 0 Å². The molecular formula is C31H34FN5O5. The summed E-state index contributed by atoms with van der Waals surface area (Å²) in [6.07, 6.45) is 3.58. The number of amides is 1. The second-order valence-electron chi connectivity index (χ2n) is 12.4. The lowest BCUT2D eigenvalue weighted by Crippen LogP contribution is -2.38. The first-order valence-corrected chi connectivity index (χ1v) is 14.0. The number of benzene rings is 1. The smallest absolute Gasteiger partial charge is 0.416 e. The van der Waals surface area contributed by atoms with Crippen LogP contribution in [0.15, 0.2) is 42.9 Å². The Bertz CT molecular complexity index is 1670. The summed E-state index contributed by atoms with van der Waals surface area (Å²) < 4.78 is 35.3. The normalized spacial score (nSPS) is 16.5. The second kappa shape index (κ2) is 10.2. The van der Waals surface area contributed by atoms with E-state index in [0.717, 1.165) is 11.3 Å². The van der Waals surface area contributed by atoms with Crippen molar-refractivity contribution in [3.8, 4) is 22.6 Å². The predicted octanol–water partition coefficient (Wildman–Crippen LogP) is 5.44. The quantitative estimate of drug-likeness (QED) is 0.342. The zero-order chi connectivity index (χ0) is 29.8. The van der Waals surface area contributed by atoms with E-state index in [-0.39, 0.29) is 19.1 Å². The SMILES string of the molecule is CC(C)(O)CCc1ncccc1-c1cc2c(n3cnnc13)N(C(=O)OC(C)(C)C)Cc1c(F)ccc3c1[C@H](CO3)CO2. The molecule has 6 rings (SSSR count). The van der Waals surface area contributed by atoms with Crippen molar-refractivity contribution in [3.63, 3.8) is 0 Å². The first-order valence-electron chi connectivity index (χ1n) is 14.0. The predicted molar refractivity (Wildman–Crippen MR) is 153 cm³/mol. The monoisotopic (exact) mass is 575 g/mol. The summed E-state index contributed by atoms with van der Waals surface area (Å²) in [5.41, 5.74) is 2.10. The van der Waals surface area contributed by atoms with Gasteiger partial charge in [0.15, 0.2) is 17.2 Å². The minimum atomic E-state index is -0.868. The Morgan fingerprint density at radius 1 is 1.12 bits per heavy atom. The molecule has 0 spiro atoms. The lowest BCUT2D eigenvalue weighted by atomic mass is 9.95. The maximum absolute atomic E-state index is 15.5. The van der Waals surface area contributed by atoms with E-state index in [9.17, 15) is 9.90 Å². The van der Waals surface area contributed by atoms with E-state index in [0.29, 0.717) is 59.1 Å². The molecule has 0 radical (unpaired) electrons. The van der Waals surface area contributed by atoms with Gasteiger partial charge in [0, 0.05) is 34.1 Å². The molecule has 5 heterocycles. The Hall–Kier alpha value is -4.25. The van der Waals surface area contributed by atoms with Crippen LogP contribution < -0.4 is 14.4 Å². The standard InChI is InChI=1S/C31H34FN5O5/c1-30(2,3)42-29(38)36-14-21-22(32)8-9-24-26(21)18(15-40-24)16-41-25-13-20(27-35-34-17-37(27)28(25)36)19-7-6-12-33-23(19)10-11-31(4,5)39/h6-9,12-13,17-18,39H,10-11,14-16H2,1-5H3/t18-/m1/s1. The Morgan fingerprint density at radius 3 is 2.62 bits per heavy atom. The van der Waals surface area contributed by atoms with Crippen LogP contribution in [0.2, 0.25) is 0 Å². The molecule has 11 heteroatoms. The molecule has 42 heavy (non-hydrogen) atoms. The van der Waals surface area contributed by atoms with Crippen LogP contribution in [-0.2, 0) is 17.7 Å². The van der Waals surface area contributed by atoms with Gasteiger partial charge in [-0.1, -0.05) is 6.07 Å². The third-order valence-corrected chi connectivity index (χ3v) is 7.40. The lowest BCUT2D eigenvalue weighted by Gasteiger charge is -2.29. The van der Waals surface area contributed by atoms with E-state index in [1.807, 2.05) is 18.2 Å². The maximum Gasteiger partial charge on any atom is 0.416 e. The molecule has 2 aliphatic rings. The van der Waals surface area contributed by atoms with Gasteiger partial charge >= 0.3 is 6.09 Å². The van der Waals surface area contributed by atoms with E-state index < -0.39 is 23.1 Å². The molecule has 2 aliphatic heterocycles. The van der Waals surface area contributed by atoms with E-state index in [2.05, 4.69) is 15.2 Å². The molecular weight excluding hydrogens is 541 g/mol. The van der Waals surface area contributed by atoms with Crippen molar-refractivity contribution in [3.05, 3.63) is 65.5 Å². The minimum absolute atomic E-state index is 0.115. The largest absolute Gasteiger partial charge is 0.493 e. The summed E-state index contributed by atoms with van der Waals surface area (Å²) in [6, 6.07) is 8.57. The number of nitrogens with zero attached hydrogens (tertiary/aromatic N) is 5. The highest BCUT2D eigenvalue weighted by Gasteiger charge is 2.37. The van der Waals surface area contributed by atoms with Crippen LogP contribution in [0.4, 0.5) is 15.0 Å². The van der Waals surface area contributed by atoms with Crippen LogP contribution in [0.3, 0.4) is 0 Å². The van der Waals surface area contributed by atoms with Crippen molar-refractivity contribution in [1.82, 2.24) is 19.6 Å². The zero-order valence-corrected chi connectivity index (χ0v) is 24.3. The summed E-state index contributed by atoms with van der Waals surface area (Å²) in [5, 5.41) is 19.0. The number of aromatic nitrogens is 4. The average molecular weight is 576 g/mol. The van der Waals surface area contributed by atoms with Crippen molar-refractivity contribution in [2.45, 2.75) is 71.1 Å². The van der Waals surface area contributed by atoms with Crippen LogP contribution in [0, 0.1) is 5.82 Å². The van der Waals surface area contributed by atoms with Crippen LogP contribution in [0.1, 0.15) is 63.8 Å². The number of anilines is 1. The molecule has 0 aliphatic carbocycles. The number of aryl methyl sites for hydroxylation is 1. The summed E-state index contributed by atoms with van der Waals surface area (Å²) in [7, 11) is 0. The Morgan fingerprint density at radius 2 is 1.88 bits per heavy atom. The molecule has 10 nitrogen and oxygen atoms in total. The van der Waals surface area contributed by atoms with Gasteiger partial charge in [0.2, 0.25) is 0 Å². The number of ether oxygens (including phenoxy) is 3. The van der Waals surface area contributed by atoms with Gasteiger partial charge in [0.25, 0.3) is 0 Å². The average Bonchev–Trinajstić information content (AvgIpc) is 3.57.